The Balaban J connectivity index is 2.29. The van der Waals surface area contributed by atoms with Gasteiger partial charge >= 0.3 is 0 Å². The normalized spacial score (nSPS) is 10.3. The van der Waals surface area contributed by atoms with Crippen LogP contribution in [-0.4, -0.2) is 4.92 Å². The zero-order valence-corrected chi connectivity index (χ0v) is 11.5. The van der Waals surface area contributed by atoms with Crippen molar-refractivity contribution >= 4 is 40.5 Å². The standard InChI is InChI=1S/C12H6Cl3NO3/c13-7-5-10(14)12(11(15)6-7)19-9-3-1-8(2-4-9)16(17)18/h1-6H. The Bertz CT molecular complexity index is 606. The van der Waals surface area contributed by atoms with E-state index in [1.165, 1.54) is 36.4 Å². The van der Waals surface area contributed by atoms with Crippen LogP contribution in [0.3, 0.4) is 0 Å². The van der Waals surface area contributed by atoms with E-state index >= 15 is 0 Å². The van der Waals surface area contributed by atoms with Gasteiger partial charge in [0.15, 0.2) is 5.75 Å². The average molecular weight is 319 g/mol. The average Bonchev–Trinajstić information content (AvgIpc) is 2.34. The molecule has 0 bridgehead atoms. The maximum atomic E-state index is 10.5. The Morgan fingerprint density at radius 3 is 2.00 bits per heavy atom. The van der Waals surface area contributed by atoms with E-state index in [9.17, 15) is 10.1 Å². The zero-order valence-electron chi connectivity index (χ0n) is 9.27. The molecule has 0 unspecified atom stereocenters. The van der Waals surface area contributed by atoms with E-state index in [0.29, 0.717) is 10.8 Å². The number of non-ortho nitro benzene ring substituents is 1. The second-order valence-corrected chi connectivity index (χ2v) is 4.80. The number of nitro groups is 1. The van der Waals surface area contributed by atoms with Crippen LogP contribution in [0.4, 0.5) is 5.69 Å². The molecule has 0 amide bonds. The summed E-state index contributed by atoms with van der Waals surface area (Å²) in [5.74, 6) is 0.637. The lowest BCUT2D eigenvalue weighted by atomic mass is 10.3. The molecular formula is C12H6Cl3NO3. The Morgan fingerprint density at radius 1 is 1.00 bits per heavy atom. The molecule has 2 aromatic rings. The fourth-order valence-electron chi connectivity index (χ4n) is 1.38. The van der Waals surface area contributed by atoms with E-state index in [0.717, 1.165) is 0 Å². The molecule has 2 aromatic carbocycles. The summed E-state index contributed by atoms with van der Waals surface area (Å²) in [6.07, 6.45) is 0. The van der Waals surface area contributed by atoms with E-state index in [4.69, 9.17) is 39.5 Å². The van der Waals surface area contributed by atoms with Crippen molar-refractivity contribution in [3.05, 3.63) is 61.6 Å². The number of hydrogen-bond acceptors (Lipinski definition) is 3. The number of benzene rings is 2. The molecule has 0 fully saturated rings. The Hall–Kier alpha value is -1.49. The highest BCUT2D eigenvalue weighted by Gasteiger charge is 2.11. The van der Waals surface area contributed by atoms with Gasteiger partial charge in [0.2, 0.25) is 0 Å². The summed E-state index contributed by atoms with van der Waals surface area (Å²) in [5, 5.41) is 11.4. The molecule has 0 atom stereocenters. The van der Waals surface area contributed by atoms with Gasteiger partial charge in [-0.05, 0) is 24.3 Å². The second-order valence-electron chi connectivity index (χ2n) is 3.55. The second kappa shape index (κ2) is 5.65. The quantitative estimate of drug-likeness (QED) is 0.566. The highest BCUT2D eigenvalue weighted by atomic mass is 35.5. The van der Waals surface area contributed by atoms with E-state index in [2.05, 4.69) is 0 Å². The topological polar surface area (TPSA) is 52.4 Å². The Labute approximate surface area is 123 Å². The Kier molecular flexibility index (Phi) is 4.14. The van der Waals surface area contributed by atoms with Crippen molar-refractivity contribution in [2.45, 2.75) is 0 Å². The molecule has 0 aliphatic carbocycles. The number of rotatable bonds is 3. The van der Waals surface area contributed by atoms with Gasteiger partial charge < -0.3 is 4.74 Å². The van der Waals surface area contributed by atoms with Crippen molar-refractivity contribution in [3.63, 3.8) is 0 Å². The van der Waals surface area contributed by atoms with Crippen molar-refractivity contribution < 1.29 is 9.66 Å². The van der Waals surface area contributed by atoms with Gasteiger partial charge in [0, 0.05) is 17.2 Å². The van der Waals surface area contributed by atoms with Crippen molar-refractivity contribution in [1.82, 2.24) is 0 Å². The fraction of sp³-hybridized carbons (Fsp3) is 0. The first kappa shape index (κ1) is 13.9. The van der Waals surface area contributed by atoms with E-state index < -0.39 is 4.92 Å². The molecule has 0 aliphatic rings. The van der Waals surface area contributed by atoms with E-state index in [-0.39, 0.29) is 21.5 Å². The van der Waals surface area contributed by atoms with Crippen LogP contribution >= 0.6 is 34.8 Å². The first-order valence-electron chi connectivity index (χ1n) is 5.04. The Morgan fingerprint density at radius 2 is 1.53 bits per heavy atom. The summed E-state index contributed by atoms with van der Waals surface area (Å²) in [6, 6.07) is 8.56. The lowest BCUT2D eigenvalue weighted by Gasteiger charge is -2.09. The molecule has 0 saturated heterocycles. The van der Waals surface area contributed by atoms with Crippen LogP contribution in [0.15, 0.2) is 36.4 Å². The van der Waals surface area contributed by atoms with Gasteiger partial charge in [0.05, 0.1) is 15.0 Å². The zero-order chi connectivity index (χ0) is 14.0. The molecular weight excluding hydrogens is 312 g/mol. The molecule has 0 aromatic heterocycles. The summed E-state index contributed by atoms with van der Waals surface area (Å²) < 4.78 is 5.48. The first-order valence-corrected chi connectivity index (χ1v) is 6.17. The van der Waals surface area contributed by atoms with Gasteiger partial charge in [-0.3, -0.25) is 10.1 Å². The van der Waals surface area contributed by atoms with Crippen LogP contribution in [0.25, 0.3) is 0 Å². The monoisotopic (exact) mass is 317 g/mol. The van der Waals surface area contributed by atoms with Gasteiger partial charge in [0.25, 0.3) is 5.69 Å². The maximum Gasteiger partial charge on any atom is 0.269 e. The molecule has 19 heavy (non-hydrogen) atoms. The molecule has 2 rings (SSSR count). The number of nitrogens with zero attached hydrogens (tertiary/aromatic N) is 1. The lowest BCUT2D eigenvalue weighted by Crippen LogP contribution is -1.89. The molecule has 0 spiro atoms. The summed E-state index contributed by atoms with van der Waals surface area (Å²) in [6.45, 7) is 0. The number of ether oxygens (including phenoxy) is 1. The van der Waals surface area contributed by atoms with Crippen molar-refractivity contribution in [2.75, 3.05) is 0 Å². The van der Waals surface area contributed by atoms with Crippen molar-refractivity contribution in [2.24, 2.45) is 0 Å². The van der Waals surface area contributed by atoms with Crippen LogP contribution in [0.5, 0.6) is 11.5 Å². The minimum Gasteiger partial charge on any atom is -0.454 e. The summed E-state index contributed by atoms with van der Waals surface area (Å²) in [7, 11) is 0. The molecule has 0 saturated carbocycles. The third-order valence-electron chi connectivity index (χ3n) is 2.23. The smallest absolute Gasteiger partial charge is 0.269 e. The van der Waals surface area contributed by atoms with Crippen LogP contribution in [-0.2, 0) is 0 Å². The number of nitro benzene ring substituents is 1. The predicted octanol–water partition coefficient (Wildman–Crippen LogP) is 5.35. The van der Waals surface area contributed by atoms with Crippen molar-refractivity contribution in [1.29, 1.82) is 0 Å². The highest BCUT2D eigenvalue weighted by molar-refractivity contribution is 6.40. The minimum absolute atomic E-state index is 0.0272. The van der Waals surface area contributed by atoms with Gasteiger partial charge in [-0.15, -0.1) is 0 Å². The van der Waals surface area contributed by atoms with Gasteiger partial charge in [-0.25, -0.2) is 0 Å². The van der Waals surface area contributed by atoms with Crippen LogP contribution in [0.2, 0.25) is 15.1 Å². The van der Waals surface area contributed by atoms with Crippen molar-refractivity contribution in [3.8, 4) is 11.5 Å². The minimum atomic E-state index is -0.494. The number of halogens is 3. The summed E-state index contributed by atoms with van der Waals surface area (Å²) in [4.78, 5) is 10.0. The molecule has 0 N–H and O–H groups in total. The molecule has 0 heterocycles. The third-order valence-corrected chi connectivity index (χ3v) is 3.01. The fourth-order valence-corrected chi connectivity index (χ4v) is 2.27. The molecule has 4 nitrogen and oxygen atoms in total. The predicted molar refractivity (Wildman–Crippen MR) is 74.6 cm³/mol. The highest BCUT2D eigenvalue weighted by Crippen LogP contribution is 2.38. The summed E-state index contributed by atoms with van der Waals surface area (Å²) in [5.41, 5.74) is -0.0272. The largest absolute Gasteiger partial charge is 0.454 e. The summed E-state index contributed by atoms with van der Waals surface area (Å²) >= 11 is 17.7. The van der Waals surface area contributed by atoms with Crippen LogP contribution < -0.4 is 4.74 Å². The van der Waals surface area contributed by atoms with Crippen LogP contribution in [0.1, 0.15) is 0 Å². The maximum absolute atomic E-state index is 10.5. The van der Waals surface area contributed by atoms with Gasteiger partial charge in [0.1, 0.15) is 5.75 Å². The first-order chi connectivity index (χ1) is 8.97. The lowest BCUT2D eigenvalue weighted by molar-refractivity contribution is -0.384. The van der Waals surface area contributed by atoms with Gasteiger partial charge in [-0.2, -0.15) is 0 Å². The third kappa shape index (κ3) is 3.29. The molecule has 0 radical (unpaired) electrons. The van der Waals surface area contributed by atoms with Crippen LogP contribution in [0, 0.1) is 10.1 Å². The van der Waals surface area contributed by atoms with Gasteiger partial charge in [-0.1, -0.05) is 34.8 Å². The van der Waals surface area contributed by atoms with E-state index in [1.54, 1.807) is 0 Å². The number of hydrogen-bond donors (Lipinski definition) is 0. The molecule has 98 valence electrons. The van der Waals surface area contributed by atoms with E-state index in [1.807, 2.05) is 0 Å². The SMILES string of the molecule is O=[N+]([O-])c1ccc(Oc2c(Cl)cc(Cl)cc2Cl)cc1. The molecule has 0 aliphatic heterocycles. The molecule has 7 heteroatoms.